The molecule has 4 nitrogen and oxygen atoms in total. The van der Waals surface area contributed by atoms with Crippen LogP contribution in [0.25, 0.3) is 0 Å². The zero-order chi connectivity index (χ0) is 23.3. The van der Waals surface area contributed by atoms with Crippen LogP contribution < -0.4 is 5.32 Å². The van der Waals surface area contributed by atoms with Crippen LogP contribution in [0, 0.1) is 0 Å². The quantitative estimate of drug-likeness (QED) is 0.366. The SMILES string of the molecule is CCCCCNC(=O)[C@H](c1ccccc1)N(Cc1ccccc1)C(=O)CCc1ccccc1. The minimum atomic E-state index is -0.670. The van der Waals surface area contributed by atoms with Crippen molar-refractivity contribution in [3.63, 3.8) is 0 Å². The van der Waals surface area contributed by atoms with Crippen molar-refractivity contribution < 1.29 is 9.59 Å². The lowest BCUT2D eigenvalue weighted by atomic mass is 10.0. The second kappa shape index (κ2) is 13.2. The van der Waals surface area contributed by atoms with Crippen LogP contribution in [0.5, 0.6) is 0 Å². The summed E-state index contributed by atoms with van der Waals surface area (Å²) in [6.45, 7) is 3.14. The molecule has 0 unspecified atom stereocenters. The molecule has 0 aliphatic heterocycles. The van der Waals surface area contributed by atoms with Gasteiger partial charge in [0.25, 0.3) is 0 Å². The van der Waals surface area contributed by atoms with Gasteiger partial charge in [0.1, 0.15) is 6.04 Å². The molecule has 3 aromatic rings. The van der Waals surface area contributed by atoms with Crippen LogP contribution in [0.15, 0.2) is 91.0 Å². The number of benzene rings is 3. The van der Waals surface area contributed by atoms with E-state index in [2.05, 4.69) is 12.2 Å². The van der Waals surface area contributed by atoms with E-state index >= 15 is 0 Å². The third-order valence-corrected chi connectivity index (χ3v) is 5.74. The van der Waals surface area contributed by atoms with Crippen LogP contribution in [-0.2, 0) is 22.6 Å². The second-order valence-electron chi connectivity index (χ2n) is 8.30. The van der Waals surface area contributed by atoms with Crippen molar-refractivity contribution in [2.24, 2.45) is 0 Å². The average Bonchev–Trinajstić information content (AvgIpc) is 2.87. The lowest BCUT2D eigenvalue weighted by Gasteiger charge is -2.32. The maximum absolute atomic E-state index is 13.6. The molecule has 0 aromatic heterocycles. The molecule has 0 radical (unpaired) electrons. The Labute approximate surface area is 197 Å². The predicted molar refractivity (Wildman–Crippen MR) is 133 cm³/mol. The number of hydrogen-bond donors (Lipinski definition) is 1. The summed E-state index contributed by atoms with van der Waals surface area (Å²) in [4.78, 5) is 28.7. The second-order valence-corrected chi connectivity index (χ2v) is 8.30. The van der Waals surface area contributed by atoms with Gasteiger partial charge in [-0.25, -0.2) is 0 Å². The molecule has 33 heavy (non-hydrogen) atoms. The number of nitrogens with one attached hydrogen (secondary N) is 1. The average molecular weight is 443 g/mol. The molecular weight excluding hydrogens is 408 g/mol. The molecule has 0 saturated carbocycles. The molecule has 0 saturated heterocycles. The highest BCUT2D eigenvalue weighted by molar-refractivity contribution is 5.88. The number of unbranched alkanes of at least 4 members (excludes halogenated alkanes) is 2. The first-order valence-electron chi connectivity index (χ1n) is 11.9. The molecule has 4 heteroatoms. The van der Waals surface area contributed by atoms with Gasteiger partial charge in [0, 0.05) is 19.5 Å². The zero-order valence-corrected chi connectivity index (χ0v) is 19.5. The summed E-state index contributed by atoms with van der Waals surface area (Å²) in [5.41, 5.74) is 2.95. The standard InChI is InChI=1S/C29H34N2O2/c1-2-3-13-22-30-29(33)28(26-18-11-6-12-19-26)31(23-25-16-9-5-10-17-25)27(32)21-20-24-14-7-4-8-15-24/h4-12,14-19,28H,2-3,13,20-23H2,1H3,(H,30,33)/t28-/m0/s1. The normalized spacial score (nSPS) is 11.5. The summed E-state index contributed by atoms with van der Waals surface area (Å²) in [7, 11) is 0. The maximum atomic E-state index is 13.6. The van der Waals surface area contributed by atoms with Crippen molar-refractivity contribution in [1.82, 2.24) is 10.2 Å². The van der Waals surface area contributed by atoms with Gasteiger partial charge in [-0.15, -0.1) is 0 Å². The van der Waals surface area contributed by atoms with Gasteiger partial charge in [0.05, 0.1) is 0 Å². The number of hydrogen-bond acceptors (Lipinski definition) is 2. The molecule has 0 bridgehead atoms. The van der Waals surface area contributed by atoms with Gasteiger partial charge >= 0.3 is 0 Å². The van der Waals surface area contributed by atoms with Crippen LogP contribution >= 0.6 is 0 Å². The molecule has 3 aromatic carbocycles. The fourth-order valence-corrected chi connectivity index (χ4v) is 3.93. The molecule has 0 aliphatic carbocycles. The largest absolute Gasteiger partial charge is 0.354 e. The van der Waals surface area contributed by atoms with Gasteiger partial charge < -0.3 is 10.2 Å². The first-order valence-corrected chi connectivity index (χ1v) is 11.9. The van der Waals surface area contributed by atoms with Crippen molar-refractivity contribution >= 4 is 11.8 Å². The van der Waals surface area contributed by atoms with Crippen LogP contribution in [0.2, 0.25) is 0 Å². The molecule has 0 fully saturated rings. The Bertz CT molecular complexity index is 974. The fourth-order valence-electron chi connectivity index (χ4n) is 3.93. The Balaban J connectivity index is 1.86. The van der Waals surface area contributed by atoms with Crippen LogP contribution in [0.4, 0.5) is 0 Å². The van der Waals surface area contributed by atoms with Crippen molar-refractivity contribution in [3.05, 3.63) is 108 Å². The van der Waals surface area contributed by atoms with Crippen molar-refractivity contribution in [1.29, 1.82) is 0 Å². The summed E-state index contributed by atoms with van der Waals surface area (Å²) >= 11 is 0. The highest BCUT2D eigenvalue weighted by atomic mass is 16.2. The Morgan fingerprint density at radius 3 is 1.97 bits per heavy atom. The zero-order valence-electron chi connectivity index (χ0n) is 19.5. The van der Waals surface area contributed by atoms with Gasteiger partial charge in [-0.2, -0.15) is 0 Å². The van der Waals surface area contributed by atoms with Crippen molar-refractivity contribution in [2.45, 2.75) is 51.6 Å². The van der Waals surface area contributed by atoms with Gasteiger partial charge in [0.15, 0.2) is 0 Å². The number of nitrogens with zero attached hydrogens (tertiary/aromatic N) is 1. The fraction of sp³-hybridized carbons (Fsp3) is 0.310. The smallest absolute Gasteiger partial charge is 0.247 e. The van der Waals surface area contributed by atoms with E-state index in [0.717, 1.165) is 36.0 Å². The number of carbonyl (C=O) groups is 2. The monoisotopic (exact) mass is 442 g/mol. The summed E-state index contributed by atoms with van der Waals surface area (Å²) < 4.78 is 0. The van der Waals surface area contributed by atoms with Crippen molar-refractivity contribution in [2.75, 3.05) is 6.54 Å². The first-order chi connectivity index (χ1) is 16.2. The van der Waals surface area contributed by atoms with E-state index in [-0.39, 0.29) is 11.8 Å². The Hall–Kier alpha value is -3.40. The van der Waals surface area contributed by atoms with E-state index in [4.69, 9.17) is 0 Å². The molecule has 3 rings (SSSR count). The van der Waals surface area contributed by atoms with Crippen molar-refractivity contribution in [3.8, 4) is 0 Å². The van der Waals surface area contributed by atoms with Crippen LogP contribution in [0.1, 0.15) is 55.3 Å². The van der Waals surface area contributed by atoms with Gasteiger partial charge in [0.2, 0.25) is 11.8 Å². The third-order valence-electron chi connectivity index (χ3n) is 5.74. The molecule has 1 N–H and O–H groups in total. The predicted octanol–water partition coefficient (Wildman–Crippen LogP) is 5.70. The minimum absolute atomic E-state index is 0.0275. The topological polar surface area (TPSA) is 49.4 Å². The van der Waals surface area contributed by atoms with E-state index < -0.39 is 6.04 Å². The van der Waals surface area contributed by atoms with E-state index in [9.17, 15) is 9.59 Å². The Morgan fingerprint density at radius 1 is 0.788 bits per heavy atom. The molecule has 0 heterocycles. The molecule has 0 aliphatic rings. The molecule has 2 amide bonds. The summed E-state index contributed by atoms with van der Waals surface area (Å²) in [5.74, 6) is -0.151. The van der Waals surface area contributed by atoms with Gasteiger partial charge in [-0.05, 0) is 29.5 Å². The molecule has 172 valence electrons. The molecular formula is C29H34N2O2. The van der Waals surface area contributed by atoms with E-state index in [1.807, 2.05) is 91.0 Å². The van der Waals surface area contributed by atoms with E-state index in [1.54, 1.807) is 4.90 Å². The Morgan fingerprint density at radius 2 is 1.36 bits per heavy atom. The van der Waals surface area contributed by atoms with Gasteiger partial charge in [-0.3, -0.25) is 9.59 Å². The third kappa shape index (κ3) is 7.60. The van der Waals surface area contributed by atoms with E-state index in [0.29, 0.717) is 25.9 Å². The highest BCUT2D eigenvalue weighted by Gasteiger charge is 2.31. The van der Waals surface area contributed by atoms with Crippen LogP contribution in [0.3, 0.4) is 0 Å². The first kappa shape index (κ1) is 24.2. The van der Waals surface area contributed by atoms with Crippen LogP contribution in [-0.4, -0.2) is 23.3 Å². The number of aryl methyl sites for hydroxylation is 1. The summed E-state index contributed by atoms with van der Waals surface area (Å²) in [5, 5.41) is 3.08. The summed E-state index contributed by atoms with van der Waals surface area (Å²) in [6, 6.07) is 28.8. The Kier molecular flexibility index (Phi) is 9.71. The molecule has 0 spiro atoms. The van der Waals surface area contributed by atoms with Gasteiger partial charge in [-0.1, -0.05) is 111 Å². The number of amides is 2. The minimum Gasteiger partial charge on any atom is -0.354 e. The summed E-state index contributed by atoms with van der Waals surface area (Å²) in [6.07, 6.45) is 4.09. The lowest BCUT2D eigenvalue weighted by molar-refractivity contribution is -0.141. The lowest BCUT2D eigenvalue weighted by Crippen LogP contribution is -2.43. The highest BCUT2D eigenvalue weighted by Crippen LogP contribution is 2.25. The number of rotatable bonds is 12. The van der Waals surface area contributed by atoms with E-state index in [1.165, 1.54) is 0 Å². The maximum Gasteiger partial charge on any atom is 0.247 e. The number of carbonyl (C=O) groups excluding carboxylic acids is 2. The molecule has 1 atom stereocenters.